The molecule has 0 aliphatic rings. The molecular formula is C18H18N4O. The van der Waals surface area contributed by atoms with E-state index < -0.39 is 0 Å². The number of aryl methyl sites for hydroxylation is 3. The number of carbonyl (C=O) groups is 1. The summed E-state index contributed by atoms with van der Waals surface area (Å²) in [4.78, 5) is 12.5. The van der Waals surface area contributed by atoms with Gasteiger partial charge in [-0.05, 0) is 49.2 Å². The molecule has 0 saturated heterocycles. The molecule has 1 amide bonds. The third-order valence-electron chi connectivity index (χ3n) is 3.90. The van der Waals surface area contributed by atoms with Crippen molar-refractivity contribution < 1.29 is 4.79 Å². The molecule has 0 saturated carbocycles. The first kappa shape index (κ1) is 15.0. The van der Waals surface area contributed by atoms with Crippen LogP contribution in [0.15, 0.2) is 48.8 Å². The van der Waals surface area contributed by atoms with Gasteiger partial charge in [0.2, 0.25) is 0 Å². The van der Waals surface area contributed by atoms with Crippen LogP contribution < -0.4 is 5.32 Å². The number of para-hydroxylation sites is 1. The Balaban J connectivity index is 1.93. The summed E-state index contributed by atoms with van der Waals surface area (Å²) in [6.45, 7) is 4.03. The topological polar surface area (TPSA) is 59.8 Å². The summed E-state index contributed by atoms with van der Waals surface area (Å²) >= 11 is 0. The number of rotatable bonds is 3. The highest BCUT2D eigenvalue weighted by atomic mass is 16.1. The van der Waals surface area contributed by atoms with Gasteiger partial charge in [0.15, 0.2) is 5.82 Å². The number of anilines is 1. The zero-order chi connectivity index (χ0) is 16.4. The molecule has 5 nitrogen and oxygen atoms in total. The fourth-order valence-electron chi connectivity index (χ4n) is 2.39. The Kier molecular flexibility index (Phi) is 3.93. The second-order valence-electron chi connectivity index (χ2n) is 5.56. The molecule has 0 bridgehead atoms. The summed E-state index contributed by atoms with van der Waals surface area (Å²) in [5.41, 5.74) is 4.46. The smallest absolute Gasteiger partial charge is 0.255 e. The summed E-state index contributed by atoms with van der Waals surface area (Å²) in [7, 11) is 1.87. The Labute approximate surface area is 135 Å². The number of hydrogen-bond donors (Lipinski definition) is 1. The first-order chi connectivity index (χ1) is 11.1. The van der Waals surface area contributed by atoms with Crippen molar-refractivity contribution in [2.45, 2.75) is 13.8 Å². The van der Waals surface area contributed by atoms with Gasteiger partial charge in [0, 0.05) is 18.2 Å². The monoisotopic (exact) mass is 306 g/mol. The first-order valence-corrected chi connectivity index (χ1v) is 7.38. The van der Waals surface area contributed by atoms with E-state index in [-0.39, 0.29) is 5.91 Å². The van der Waals surface area contributed by atoms with E-state index in [9.17, 15) is 4.79 Å². The lowest BCUT2D eigenvalue weighted by atomic mass is 10.1. The minimum atomic E-state index is -0.136. The first-order valence-electron chi connectivity index (χ1n) is 7.38. The van der Waals surface area contributed by atoms with E-state index in [1.54, 1.807) is 6.33 Å². The van der Waals surface area contributed by atoms with Crippen molar-refractivity contribution in [1.29, 1.82) is 0 Å². The lowest BCUT2D eigenvalue weighted by molar-refractivity contribution is 0.102. The molecule has 0 atom stereocenters. The number of hydrogen-bond acceptors (Lipinski definition) is 3. The van der Waals surface area contributed by atoms with E-state index in [2.05, 4.69) is 15.5 Å². The quantitative estimate of drug-likeness (QED) is 0.807. The molecule has 1 heterocycles. The van der Waals surface area contributed by atoms with Crippen LogP contribution in [0.2, 0.25) is 0 Å². The highest BCUT2D eigenvalue weighted by Crippen LogP contribution is 2.26. The van der Waals surface area contributed by atoms with Crippen LogP contribution in [0.3, 0.4) is 0 Å². The zero-order valence-electron chi connectivity index (χ0n) is 13.4. The van der Waals surface area contributed by atoms with Crippen LogP contribution in [0, 0.1) is 13.8 Å². The second kappa shape index (κ2) is 6.04. The lowest BCUT2D eigenvalue weighted by Gasteiger charge is -2.11. The fraction of sp³-hybridized carbons (Fsp3) is 0.167. The van der Waals surface area contributed by atoms with E-state index in [0.29, 0.717) is 17.1 Å². The van der Waals surface area contributed by atoms with Gasteiger partial charge in [-0.1, -0.05) is 18.2 Å². The molecule has 5 heteroatoms. The third-order valence-corrected chi connectivity index (χ3v) is 3.90. The number of nitrogens with zero attached hydrogens (tertiary/aromatic N) is 3. The molecule has 0 radical (unpaired) electrons. The number of amides is 1. The van der Waals surface area contributed by atoms with Gasteiger partial charge in [0.25, 0.3) is 5.91 Å². The minimum absolute atomic E-state index is 0.136. The normalized spacial score (nSPS) is 10.6. The zero-order valence-corrected chi connectivity index (χ0v) is 13.4. The van der Waals surface area contributed by atoms with Crippen molar-refractivity contribution in [3.05, 3.63) is 65.5 Å². The molecule has 3 aromatic rings. The van der Waals surface area contributed by atoms with Gasteiger partial charge in [-0.3, -0.25) is 4.79 Å². The number of nitrogens with one attached hydrogen (secondary N) is 1. The highest BCUT2D eigenvalue weighted by Gasteiger charge is 2.13. The number of aromatic nitrogens is 3. The van der Waals surface area contributed by atoms with Crippen molar-refractivity contribution in [2.24, 2.45) is 7.05 Å². The van der Waals surface area contributed by atoms with Crippen LogP contribution in [-0.4, -0.2) is 20.7 Å². The Morgan fingerprint density at radius 3 is 2.57 bits per heavy atom. The van der Waals surface area contributed by atoms with Gasteiger partial charge >= 0.3 is 0 Å². The van der Waals surface area contributed by atoms with E-state index in [1.807, 2.05) is 67.9 Å². The van der Waals surface area contributed by atoms with Crippen molar-refractivity contribution in [1.82, 2.24) is 14.8 Å². The Morgan fingerprint density at radius 2 is 1.87 bits per heavy atom. The van der Waals surface area contributed by atoms with Gasteiger partial charge in [-0.25, -0.2) is 0 Å². The minimum Gasteiger partial charge on any atom is -0.321 e. The van der Waals surface area contributed by atoms with Crippen molar-refractivity contribution in [3.63, 3.8) is 0 Å². The summed E-state index contributed by atoms with van der Waals surface area (Å²) < 4.78 is 1.82. The maximum Gasteiger partial charge on any atom is 0.255 e. The van der Waals surface area contributed by atoms with E-state index in [4.69, 9.17) is 0 Å². The van der Waals surface area contributed by atoms with E-state index in [0.717, 1.165) is 11.1 Å². The Morgan fingerprint density at radius 1 is 1.09 bits per heavy atom. The van der Waals surface area contributed by atoms with Crippen LogP contribution >= 0.6 is 0 Å². The molecule has 0 fully saturated rings. The third kappa shape index (κ3) is 2.99. The molecule has 3 rings (SSSR count). The number of carbonyl (C=O) groups excluding carboxylic acids is 1. The van der Waals surface area contributed by atoms with Gasteiger partial charge in [0.1, 0.15) is 6.33 Å². The summed E-state index contributed by atoms with van der Waals surface area (Å²) in [6.07, 6.45) is 1.64. The predicted octanol–water partition coefficient (Wildman–Crippen LogP) is 3.35. The van der Waals surface area contributed by atoms with Crippen LogP contribution in [0.4, 0.5) is 5.69 Å². The average Bonchev–Trinajstić information content (AvgIpc) is 2.96. The van der Waals surface area contributed by atoms with Crippen molar-refractivity contribution in [3.8, 4) is 11.4 Å². The highest BCUT2D eigenvalue weighted by molar-refractivity contribution is 6.06. The molecule has 2 aromatic carbocycles. The molecule has 23 heavy (non-hydrogen) atoms. The van der Waals surface area contributed by atoms with Crippen LogP contribution in [0.1, 0.15) is 21.5 Å². The second-order valence-corrected chi connectivity index (χ2v) is 5.56. The summed E-state index contributed by atoms with van der Waals surface area (Å²) in [6, 6.07) is 13.3. The van der Waals surface area contributed by atoms with Crippen LogP contribution in [0.25, 0.3) is 11.4 Å². The summed E-state index contributed by atoms with van der Waals surface area (Å²) in [5.74, 6) is 0.573. The van der Waals surface area contributed by atoms with Crippen LogP contribution in [0.5, 0.6) is 0 Å². The molecule has 1 N–H and O–H groups in total. The maximum absolute atomic E-state index is 12.5. The molecule has 0 aliphatic heterocycles. The SMILES string of the molecule is Cc1ccc(C(=O)Nc2ccccc2-c2nncn2C)cc1C. The predicted molar refractivity (Wildman–Crippen MR) is 90.3 cm³/mol. The lowest BCUT2D eigenvalue weighted by Crippen LogP contribution is -2.13. The van der Waals surface area contributed by atoms with Gasteiger partial charge in [0.05, 0.1) is 5.69 Å². The fourth-order valence-corrected chi connectivity index (χ4v) is 2.39. The standard InChI is InChI=1S/C18H18N4O/c1-12-8-9-14(10-13(12)2)18(23)20-16-7-5-4-6-15(16)17-21-19-11-22(17)3/h4-11H,1-3H3,(H,20,23). The summed E-state index contributed by atoms with van der Waals surface area (Å²) in [5, 5.41) is 11.0. The van der Waals surface area contributed by atoms with Gasteiger partial charge in [-0.15, -0.1) is 10.2 Å². The van der Waals surface area contributed by atoms with Crippen LogP contribution in [-0.2, 0) is 7.05 Å². The Hall–Kier alpha value is -2.95. The molecule has 1 aromatic heterocycles. The van der Waals surface area contributed by atoms with Gasteiger partial charge in [-0.2, -0.15) is 0 Å². The molecule has 116 valence electrons. The van der Waals surface area contributed by atoms with E-state index >= 15 is 0 Å². The Bertz CT molecular complexity index is 867. The van der Waals surface area contributed by atoms with E-state index in [1.165, 1.54) is 5.56 Å². The largest absolute Gasteiger partial charge is 0.321 e. The molecule has 0 aliphatic carbocycles. The maximum atomic E-state index is 12.5. The van der Waals surface area contributed by atoms with Gasteiger partial charge < -0.3 is 9.88 Å². The van der Waals surface area contributed by atoms with Crippen molar-refractivity contribution in [2.75, 3.05) is 5.32 Å². The number of benzene rings is 2. The molecular weight excluding hydrogens is 288 g/mol. The van der Waals surface area contributed by atoms with Crippen molar-refractivity contribution >= 4 is 11.6 Å². The molecule has 0 spiro atoms. The average molecular weight is 306 g/mol. The molecule has 0 unspecified atom stereocenters.